The van der Waals surface area contributed by atoms with Crippen molar-refractivity contribution in [2.75, 3.05) is 7.05 Å². The van der Waals surface area contributed by atoms with Crippen molar-refractivity contribution in [1.82, 2.24) is 4.90 Å². The van der Waals surface area contributed by atoms with Gasteiger partial charge < -0.3 is 10.6 Å². The summed E-state index contributed by atoms with van der Waals surface area (Å²) in [6.07, 6.45) is 0.405. The largest absolute Gasteiger partial charge is 0.341 e. The monoisotopic (exact) mass is 312 g/mol. The van der Waals surface area contributed by atoms with Crippen LogP contribution >= 0.6 is 15.9 Å². The highest BCUT2D eigenvalue weighted by Gasteiger charge is 2.16. The van der Waals surface area contributed by atoms with Crippen LogP contribution in [0.4, 0.5) is 0 Å². The fourth-order valence-electron chi connectivity index (χ4n) is 1.59. The summed E-state index contributed by atoms with van der Waals surface area (Å²) in [5.74, 6) is 0.421. The lowest BCUT2D eigenvalue weighted by Crippen LogP contribution is -2.35. The Balaban J connectivity index is 2.55. The van der Waals surface area contributed by atoms with Crippen molar-refractivity contribution in [2.24, 2.45) is 11.7 Å². The quantitative estimate of drug-likeness (QED) is 0.908. The van der Waals surface area contributed by atoms with Gasteiger partial charge in [0.25, 0.3) is 0 Å². The number of carbonyl (C=O) groups is 1. The van der Waals surface area contributed by atoms with E-state index < -0.39 is 0 Å². The standard InChI is InChI=1S/C14H21BrN2O/c1-10(2)13(16)8-14(18)17(3)9-11-5-4-6-12(15)7-11/h4-7,10,13H,8-9,16H2,1-3H3. The van der Waals surface area contributed by atoms with Crippen molar-refractivity contribution in [3.63, 3.8) is 0 Å². The second kappa shape index (κ2) is 6.90. The summed E-state index contributed by atoms with van der Waals surface area (Å²) in [6, 6.07) is 7.91. The molecule has 0 spiro atoms. The number of amides is 1. The summed E-state index contributed by atoms with van der Waals surface area (Å²) in [6.45, 7) is 4.68. The van der Waals surface area contributed by atoms with Gasteiger partial charge in [-0.05, 0) is 23.6 Å². The molecule has 0 aliphatic carbocycles. The van der Waals surface area contributed by atoms with Gasteiger partial charge in [0.1, 0.15) is 0 Å². The Morgan fingerprint density at radius 3 is 2.67 bits per heavy atom. The topological polar surface area (TPSA) is 46.3 Å². The van der Waals surface area contributed by atoms with Gasteiger partial charge in [-0.1, -0.05) is 41.9 Å². The van der Waals surface area contributed by atoms with Gasteiger partial charge in [-0.3, -0.25) is 4.79 Å². The number of carbonyl (C=O) groups excluding carboxylic acids is 1. The molecule has 18 heavy (non-hydrogen) atoms. The van der Waals surface area contributed by atoms with Gasteiger partial charge in [0, 0.05) is 30.5 Å². The van der Waals surface area contributed by atoms with Crippen molar-refractivity contribution in [3.8, 4) is 0 Å². The molecule has 0 heterocycles. The average molecular weight is 313 g/mol. The van der Waals surface area contributed by atoms with Crippen LogP contribution in [0.2, 0.25) is 0 Å². The first-order valence-corrected chi connectivity index (χ1v) is 6.93. The summed E-state index contributed by atoms with van der Waals surface area (Å²) >= 11 is 3.43. The molecule has 1 aromatic carbocycles. The SMILES string of the molecule is CC(C)C(N)CC(=O)N(C)Cc1cccc(Br)c1. The van der Waals surface area contributed by atoms with Crippen LogP contribution in [-0.2, 0) is 11.3 Å². The smallest absolute Gasteiger partial charge is 0.224 e. The highest BCUT2D eigenvalue weighted by Crippen LogP contribution is 2.14. The lowest BCUT2D eigenvalue weighted by atomic mass is 10.0. The highest BCUT2D eigenvalue weighted by molar-refractivity contribution is 9.10. The van der Waals surface area contributed by atoms with Crippen LogP contribution in [0.25, 0.3) is 0 Å². The van der Waals surface area contributed by atoms with Crippen LogP contribution in [-0.4, -0.2) is 23.9 Å². The number of nitrogens with zero attached hydrogens (tertiary/aromatic N) is 1. The summed E-state index contributed by atoms with van der Waals surface area (Å²) < 4.78 is 1.03. The zero-order valence-electron chi connectivity index (χ0n) is 11.2. The number of halogens is 1. The number of nitrogens with two attached hydrogens (primary N) is 1. The fraction of sp³-hybridized carbons (Fsp3) is 0.500. The first-order valence-electron chi connectivity index (χ1n) is 6.14. The van der Waals surface area contributed by atoms with E-state index in [1.807, 2.05) is 45.2 Å². The maximum atomic E-state index is 12.0. The van der Waals surface area contributed by atoms with Crippen molar-refractivity contribution < 1.29 is 4.79 Å². The Bertz CT molecular complexity index is 407. The number of rotatable bonds is 5. The predicted octanol–water partition coefficient (Wildman–Crippen LogP) is 2.78. The summed E-state index contributed by atoms with van der Waals surface area (Å²) in [7, 11) is 1.82. The van der Waals surface area contributed by atoms with E-state index in [1.54, 1.807) is 4.90 Å². The van der Waals surface area contributed by atoms with E-state index in [0.717, 1.165) is 10.0 Å². The molecular formula is C14H21BrN2O. The van der Waals surface area contributed by atoms with Gasteiger partial charge in [-0.25, -0.2) is 0 Å². The normalized spacial score (nSPS) is 12.6. The fourth-order valence-corrected chi connectivity index (χ4v) is 2.04. The Hall–Kier alpha value is -0.870. The first-order chi connectivity index (χ1) is 8.40. The summed E-state index contributed by atoms with van der Waals surface area (Å²) in [5.41, 5.74) is 7.03. The number of benzene rings is 1. The Morgan fingerprint density at radius 2 is 2.11 bits per heavy atom. The lowest BCUT2D eigenvalue weighted by Gasteiger charge is -2.21. The van der Waals surface area contributed by atoms with E-state index in [4.69, 9.17) is 5.73 Å². The molecule has 0 saturated carbocycles. The van der Waals surface area contributed by atoms with Gasteiger partial charge >= 0.3 is 0 Å². The third kappa shape index (κ3) is 4.78. The minimum absolute atomic E-state index is 0.0672. The molecule has 0 aliphatic rings. The molecule has 100 valence electrons. The molecule has 0 fully saturated rings. The van der Waals surface area contributed by atoms with Gasteiger partial charge in [0.2, 0.25) is 5.91 Å². The van der Waals surface area contributed by atoms with Gasteiger partial charge in [0.05, 0.1) is 0 Å². The molecule has 1 atom stereocenters. The van der Waals surface area contributed by atoms with Crippen molar-refractivity contribution >= 4 is 21.8 Å². The average Bonchev–Trinajstić information content (AvgIpc) is 2.28. The van der Waals surface area contributed by atoms with Crippen molar-refractivity contribution in [1.29, 1.82) is 0 Å². The molecule has 0 saturated heterocycles. The Kier molecular flexibility index (Phi) is 5.82. The third-order valence-electron chi connectivity index (χ3n) is 3.00. The molecular weight excluding hydrogens is 292 g/mol. The molecule has 1 amide bonds. The van der Waals surface area contributed by atoms with Crippen LogP contribution in [0.1, 0.15) is 25.8 Å². The molecule has 4 heteroatoms. The summed E-state index contributed by atoms with van der Waals surface area (Å²) in [4.78, 5) is 13.7. The molecule has 1 rings (SSSR count). The molecule has 0 bridgehead atoms. The third-order valence-corrected chi connectivity index (χ3v) is 3.49. The summed E-state index contributed by atoms with van der Waals surface area (Å²) in [5, 5.41) is 0. The van der Waals surface area contributed by atoms with Crippen molar-refractivity contribution in [2.45, 2.75) is 32.9 Å². The molecule has 3 nitrogen and oxygen atoms in total. The van der Waals surface area contributed by atoms with Crippen molar-refractivity contribution in [3.05, 3.63) is 34.3 Å². The van der Waals surface area contributed by atoms with E-state index in [1.165, 1.54) is 0 Å². The van der Waals surface area contributed by atoms with Crippen LogP contribution in [0.15, 0.2) is 28.7 Å². The molecule has 0 aliphatic heterocycles. The number of hydrogen-bond acceptors (Lipinski definition) is 2. The molecule has 2 N–H and O–H groups in total. The maximum Gasteiger partial charge on any atom is 0.224 e. The first kappa shape index (κ1) is 15.2. The second-order valence-electron chi connectivity index (χ2n) is 4.99. The van der Waals surface area contributed by atoms with E-state index in [2.05, 4.69) is 15.9 Å². The van der Waals surface area contributed by atoms with Crippen LogP contribution in [0.5, 0.6) is 0 Å². The molecule has 1 unspecified atom stereocenters. The molecule has 1 aromatic rings. The highest BCUT2D eigenvalue weighted by atomic mass is 79.9. The second-order valence-corrected chi connectivity index (χ2v) is 5.91. The van der Waals surface area contributed by atoms with E-state index in [9.17, 15) is 4.79 Å². The van der Waals surface area contributed by atoms with Crippen LogP contribution < -0.4 is 5.73 Å². The Morgan fingerprint density at radius 1 is 1.44 bits per heavy atom. The number of hydrogen-bond donors (Lipinski definition) is 1. The van der Waals surface area contributed by atoms with Crippen LogP contribution in [0.3, 0.4) is 0 Å². The minimum atomic E-state index is -0.0672. The van der Waals surface area contributed by atoms with Crippen LogP contribution in [0, 0.1) is 5.92 Å². The molecule has 0 radical (unpaired) electrons. The predicted molar refractivity (Wildman–Crippen MR) is 78.0 cm³/mol. The van der Waals surface area contributed by atoms with E-state index in [0.29, 0.717) is 18.9 Å². The molecule has 0 aromatic heterocycles. The van der Waals surface area contributed by atoms with E-state index in [-0.39, 0.29) is 11.9 Å². The lowest BCUT2D eigenvalue weighted by molar-refractivity contribution is -0.131. The maximum absolute atomic E-state index is 12.0. The van der Waals surface area contributed by atoms with Gasteiger partial charge in [0.15, 0.2) is 0 Å². The van der Waals surface area contributed by atoms with Gasteiger partial charge in [-0.15, -0.1) is 0 Å². The zero-order valence-corrected chi connectivity index (χ0v) is 12.8. The zero-order chi connectivity index (χ0) is 13.7. The minimum Gasteiger partial charge on any atom is -0.341 e. The van der Waals surface area contributed by atoms with Gasteiger partial charge in [-0.2, -0.15) is 0 Å². The van der Waals surface area contributed by atoms with E-state index >= 15 is 0 Å². The Labute approximate surface area is 117 Å².